The van der Waals surface area contributed by atoms with E-state index in [0.717, 1.165) is 19.0 Å². The van der Waals surface area contributed by atoms with Gasteiger partial charge in [-0.15, -0.1) is 11.3 Å². The molecular weight excluding hydrogens is 590 g/mol. The number of likely N-dealkylation sites (tertiary alicyclic amines) is 1. The van der Waals surface area contributed by atoms with Crippen LogP contribution in [0.15, 0.2) is 30.5 Å². The highest BCUT2D eigenvalue weighted by atomic mass is 127. The zero-order valence-corrected chi connectivity index (χ0v) is 23.7. The van der Waals surface area contributed by atoms with Crippen molar-refractivity contribution in [1.29, 1.82) is 0 Å². The predicted molar refractivity (Wildman–Crippen MR) is 141 cm³/mol. The first kappa shape index (κ1) is 28.2. The van der Waals surface area contributed by atoms with Crippen LogP contribution in [0.4, 0.5) is 18.0 Å². The van der Waals surface area contributed by atoms with E-state index in [1.807, 2.05) is 45.0 Å². The van der Waals surface area contributed by atoms with Gasteiger partial charge < -0.3 is 10.1 Å². The van der Waals surface area contributed by atoms with Crippen LogP contribution in [-0.2, 0) is 16.7 Å². The van der Waals surface area contributed by atoms with Crippen molar-refractivity contribution in [3.63, 3.8) is 0 Å². The maximum absolute atomic E-state index is 14.5. The number of amides is 1. The summed E-state index contributed by atoms with van der Waals surface area (Å²) in [6.07, 6.45) is -5.10. The van der Waals surface area contributed by atoms with Crippen molar-refractivity contribution in [1.82, 2.24) is 15.2 Å². The van der Waals surface area contributed by atoms with E-state index in [1.165, 1.54) is 0 Å². The van der Waals surface area contributed by atoms with Gasteiger partial charge in [0.25, 0.3) is 0 Å². The number of rotatable bonds is 8. The first-order valence-electron chi connectivity index (χ1n) is 11.7. The van der Waals surface area contributed by atoms with Crippen LogP contribution in [0, 0.1) is 15.2 Å². The predicted octanol–water partition coefficient (Wildman–Crippen LogP) is 6.68. The Hall–Kier alpha value is -1.40. The molecule has 2 aromatic rings. The van der Waals surface area contributed by atoms with E-state index < -0.39 is 29.3 Å². The van der Waals surface area contributed by atoms with Crippen molar-refractivity contribution >= 4 is 40.0 Å². The third kappa shape index (κ3) is 6.88. The number of carbonyl (C=O) groups is 1. The number of nitrogens with one attached hydrogen (secondary N) is 1. The Labute approximate surface area is 223 Å². The number of halogens is 4. The standard InChI is InChI=1S/C25H33F3IN3O2S/c1-16(2)31-22(33)34-21(25(26,27)28)24(11-10-19-8-9-20(29)35-19)12-13-32(15-24)23(4,5)18-7-6-17(3)30-14-18/h6-9,14,16,21H,10-13,15H2,1-5H3,(H,31,33)/t21-,24?/m0/s1. The number of nitrogens with zero attached hydrogens (tertiary/aromatic N) is 2. The maximum Gasteiger partial charge on any atom is 0.426 e. The van der Waals surface area contributed by atoms with Crippen molar-refractivity contribution < 1.29 is 22.7 Å². The lowest BCUT2D eigenvalue weighted by molar-refractivity contribution is -0.238. The average Bonchev–Trinajstić information content (AvgIpc) is 3.37. The van der Waals surface area contributed by atoms with Gasteiger partial charge in [0.2, 0.25) is 6.10 Å². The number of ether oxygens (including phenoxy) is 1. The summed E-state index contributed by atoms with van der Waals surface area (Å²) in [7, 11) is 0. The highest BCUT2D eigenvalue weighted by Crippen LogP contribution is 2.49. The Balaban J connectivity index is 1.94. The highest BCUT2D eigenvalue weighted by Gasteiger charge is 2.59. The van der Waals surface area contributed by atoms with E-state index in [0.29, 0.717) is 13.0 Å². The molecule has 1 saturated heterocycles. The monoisotopic (exact) mass is 623 g/mol. The van der Waals surface area contributed by atoms with Gasteiger partial charge in [-0.05, 0) is 107 Å². The fraction of sp³-hybridized carbons (Fsp3) is 0.600. The molecule has 2 aromatic heterocycles. The second-order valence-electron chi connectivity index (χ2n) is 10.1. The summed E-state index contributed by atoms with van der Waals surface area (Å²) in [6, 6.07) is 7.49. The fourth-order valence-electron chi connectivity index (χ4n) is 4.71. The molecule has 1 aliphatic heterocycles. The molecule has 1 unspecified atom stereocenters. The van der Waals surface area contributed by atoms with E-state index in [2.05, 4.69) is 37.8 Å². The Morgan fingerprint density at radius 3 is 2.54 bits per heavy atom. The van der Waals surface area contributed by atoms with Gasteiger partial charge in [-0.25, -0.2) is 4.79 Å². The van der Waals surface area contributed by atoms with Crippen molar-refractivity contribution in [2.45, 2.75) is 77.7 Å². The van der Waals surface area contributed by atoms with Crippen molar-refractivity contribution in [2.24, 2.45) is 5.41 Å². The number of thiophene rings is 1. The molecule has 1 amide bonds. The molecule has 5 nitrogen and oxygen atoms in total. The molecule has 3 rings (SSSR count). The second kappa shape index (κ2) is 10.9. The lowest BCUT2D eigenvalue weighted by Gasteiger charge is -2.41. The first-order valence-corrected chi connectivity index (χ1v) is 13.6. The number of pyridine rings is 1. The van der Waals surface area contributed by atoms with Crippen LogP contribution < -0.4 is 5.32 Å². The van der Waals surface area contributed by atoms with Gasteiger partial charge >= 0.3 is 12.3 Å². The number of hydrogen-bond donors (Lipinski definition) is 1. The van der Waals surface area contributed by atoms with Crippen LogP contribution in [0.1, 0.15) is 56.7 Å². The molecule has 0 bridgehead atoms. The van der Waals surface area contributed by atoms with Gasteiger partial charge in [0.15, 0.2) is 0 Å². The van der Waals surface area contributed by atoms with Crippen LogP contribution in [-0.4, -0.2) is 47.4 Å². The summed E-state index contributed by atoms with van der Waals surface area (Å²) in [4.78, 5) is 19.9. The van der Waals surface area contributed by atoms with Crippen LogP contribution in [0.3, 0.4) is 0 Å². The lowest BCUT2D eigenvalue weighted by atomic mass is 9.76. The third-order valence-corrected chi connectivity index (χ3v) is 8.73. The SMILES string of the molecule is Cc1ccc(C(C)(C)N2CCC(CCc3ccc(I)s3)([C@H](OC(=O)NC(C)C)C(F)(F)F)C2)cn1. The summed E-state index contributed by atoms with van der Waals surface area (Å²) >= 11 is 3.79. The summed E-state index contributed by atoms with van der Waals surface area (Å²) in [5, 5.41) is 2.45. The van der Waals surface area contributed by atoms with Gasteiger partial charge in [0, 0.05) is 40.3 Å². The zero-order valence-electron chi connectivity index (χ0n) is 20.7. The molecule has 1 aliphatic rings. The van der Waals surface area contributed by atoms with E-state index in [9.17, 15) is 18.0 Å². The smallest absolute Gasteiger partial charge is 0.426 e. The second-order valence-corrected chi connectivity index (χ2v) is 13.2. The molecule has 10 heteroatoms. The number of carbonyl (C=O) groups excluding carboxylic acids is 1. The molecular formula is C25H33F3IN3O2S. The summed E-state index contributed by atoms with van der Waals surface area (Å²) in [5.74, 6) is 0. The number of aryl methyl sites for hydroxylation is 2. The molecule has 0 spiro atoms. The molecule has 0 aromatic carbocycles. The molecule has 1 N–H and O–H groups in total. The topological polar surface area (TPSA) is 54.5 Å². The maximum atomic E-state index is 14.5. The fourth-order valence-corrected chi connectivity index (χ4v) is 6.46. The minimum absolute atomic E-state index is 0.162. The summed E-state index contributed by atoms with van der Waals surface area (Å²) in [5.41, 5.74) is 0.0236. The average molecular weight is 624 g/mol. The molecule has 194 valence electrons. The third-order valence-electron chi connectivity index (χ3n) is 6.78. The molecule has 2 atom stereocenters. The molecule has 0 saturated carbocycles. The Morgan fingerprint density at radius 2 is 2.00 bits per heavy atom. The highest BCUT2D eigenvalue weighted by molar-refractivity contribution is 14.1. The summed E-state index contributed by atoms with van der Waals surface area (Å²) < 4.78 is 49.8. The lowest BCUT2D eigenvalue weighted by Crippen LogP contribution is -2.52. The van der Waals surface area contributed by atoms with Crippen LogP contribution >= 0.6 is 33.9 Å². The number of alkyl carbamates (subject to hydrolysis) is 1. The van der Waals surface area contributed by atoms with Gasteiger partial charge in [-0.3, -0.25) is 9.88 Å². The Bertz CT molecular complexity index is 1010. The Kier molecular flexibility index (Phi) is 8.79. The summed E-state index contributed by atoms with van der Waals surface area (Å²) in [6.45, 7) is 9.91. The molecule has 1 fully saturated rings. The minimum Gasteiger partial charge on any atom is -0.436 e. The quantitative estimate of drug-likeness (QED) is 0.334. The van der Waals surface area contributed by atoms with Crippen molar-refractivity contribution in [3.05, 3.63) is 49.5 Å². The Morgan fingerprint density at radius 1 is 1.29 bits per heavy atom. The van der Waals surface area contributed by atoms with E-state index in [4.69, 9.17) is 4.74 Å². The van der Waals surface area contributed by atoms with Gasteiger partial charge in [-0.2, -0.15) is 13.2 Å². The number of aromatic nitrogens is 1. The van der Waals surface area contributed by atoms with Crippen molar-refractivity contribution in [3.8, 4) is 0 Å². The van der Waals surface area contributed by atoms with Gasteiger partial charge in [-0.1, -0.05) is 6.07 Å². The molecule has 0 aliphatic carbocycles. The minimum atomic E-state index is -4.69. The number of alkyl halides is 3. The zero-order chi connectivity index (χ0) is 26.0. The molecule has 3 heterocycles. The van der Waals surface area contributed by atoms with Gasteiger partial charge in [0.05, 0.1) is 2.88 Å². The molecule has 0 radical (unpaired) electrons. The first-order chi connectivity index (χ1) is 16.2. The van der Waals surface area contributed by atoms with Crippen LogP contribution in [0.25, 0.3) is 0 Å². The molecule has 35 heavy (non-hydrogen) atoms. The van der Waals surface area contributed by atoms with Gasteiger partial charge in [0.1, 0.15) is 0 Å². The van der Waals surface area contributed by atoms with Crippen molar-refractivity contribution in [2.75, 3.05) is 13.1 Å². The number of hydrogen-bond acceptors (Lipinski definition) is 5. The van der Waals surface area contributed by atoms with E-state index in [-0.39, 0.29) is 25.4 Å². The van der Waals surface area contributed by atoms with E-state index >= 15 is 0 Å². The van der Waals surface area contributed by atoms with Crippen LogP contribution in [0.5, 0.6) is 0 Å². The van der Waals surface area contributed by atoms with Crippen LogP contribution in [0.2, 0.25) is 0 Å². The largest absolute Gasteiger partial charge is 0.436 e. The normalized spacial score (nSPS) is 20.3. The van der Waals surface area contributed by atoms with E-state index in [1.54, 1.807) is 31.4 Å².